The smallest absolute Gasteiger partial charge is 0.272 e. The maximum atomic E-state index is 12.6. The molecule has 1 unspecified atom stereocenters. The van der Waals surface area contributed by atoms with Crippen LogP contribution >= 0.6 is 23.2 Å². The van der Waals surface area contributed by atoms with Crippen molar-refractivity contribution >= 4 is 34.8 Å². The normalized spacial score (nSPS) is 17.0. The molecule has 1 aromatic carbocycles. The average Bonchev–Trinajstić information content (AvgIpc) is 3.19. The van der Waals surface area contributed by atoms with Crippen LogP contribution in [0, 0.1) is 0 Å². The molecular formula is C19H16Cl2N4O2. The molecule has 4 rings (SSSR count). The van der Waals surface area contributed by atoms with Gasteiger partial charge in [-0.2, -0.15) is 0 Å². The molecule has 1 aliphatic rings. The van der Waals surface area contributed by atoms with Crippen LogP contribution in [0.1, 0.15) is 18.0 Å². The highest BCUT2D eigenvalue weighted by Gasteiger charge is 2.31. The highest BCUT2D eigenvalue weighted by atomic mass is 35.5. The van der Waals surface area contributed by atoms with E-state index in [1.165, 1.54) is 10.6 Å². The van der Waals surface area contributed by atoms with Gasteiger partial charge >= 0.3 is 0 Å². The molecule has 1 aliphatic heterocycles. The Bertz CT molecular complexity index is 1120. The van der Waals surface area contributed by atoms with Crippen LogP contribution in [0.15, 0.2) is 47.8 Å². The number of hydrogen-bond acceptors (Lipinski definition) is 3. The molecule has 0 saturated carbocycles. The van der Waals surface area contributed by atoms with Gasteiger partial charge in [-0.1, -0.05) is 29.3 Å². The van der Waals surface area contributed by atoms with E-state index in [1.807, 2.05) is 0 Å². The number of aromatic nitrogens is 3. The minimum absolute atomic E-state index is 0.0459. The molecule has 1 N–H and O–H groups in total. The van der Waals surface area contributed by atoms with Crippen LogP contribution in [0.25, 0.3) is 16.9 Å². The summed E-state index contributed by atoms with van der Waals surface area (Å²) in [7, 11) is 0. The van der Waals surface area contributed by atoms with E-state index in [0.717, 1.165) is 5.56 Å². The van der Waals surface area contributed by atoms with Gasteiger partial charge in [-0.3, -0.25) is 14.7 Å². The summed E-state index contributed by atoms with van der Waals surface area (Å²) in [6.45, 7) is 4.70. The lowest BCUT2D eigenvalue weighted by molar-refractivity contribution is -0.127. The predicted octanol–water partition coefficient (Wildman–Crippen LogP) is 3.50. The van der Waals surface area contributed by atoms with Crippen LogP contribution in [0.2, 0.25) is 10.0 Å². The van der Waals surface area contributed by atoms with Gasteiger partial charge in [0.1, 0.15) is 0 Å². The second kappa shape index (κ2) is 6.87. The lowest BCUT2D eigenvalue weighted by Crippen LogP contribution is -2.25. The largest absolute Gasteiger partial charge is 0.338 e. The molecule has 0 spiro atoms. The third-order valence-corrected chi connectivity index (χ3v) is 5.22. The number of aromatic amines is 1. The Morgan fingerprint density at radius 1 is 1.26 bits per heavy atom. The topological polar surface area (TPSA) is 70.5 Å². The van der Waals surface area contributed by atoms with Crippen molar-refractivity contribution in [3.05, 3.63) is 69.1 Å². The number of nitrogens with zero attached hydrogens (tertiary/aromatic N) is 3. The van der Waals surface area contributed by atoms with Crippen LogP contribution in [0.5, 0.6) is 0 Å². The summed E-state index contributed by atoms with van der Waals surface area (Å²) in [6, 6.07) is 8.40. The van der Waals surface area contributed by atoms with E-state index < -0.39 is 0 Å². The number of H-pyrrole nitrogens is 1. The summed E-state index contributed by atoms with van der Waals surface area (Å²) in [5, 5.41) is 4.03. The first kappa shape index (κ1) is 17.8. The molecule has 0 aliphatic carbocycles. The molecule has 2 aromatic heterocycles. The number of halogens is 2. The fourth-order valence-corrected chi connectivity index (χ4v) is 3.88. The second-order valence-electron chi connectivity index (χ2n) is 6.50. The summed E-state index contributed by atoms with van der Waals surface area (Å²) in [5.74, 6) is -0.0581. The summed E-state index contributed by atoms with van der Waals surface area (Å²) >= 11 is 12.2. The van der Waals surface area contributed by atoms with Crippen molar-refractivity contribution in [3.8, 4) is 11.3 Å². The quantitative estimate of drug-likeness (QED) is 0.678. The second-order valence-corrected chi connectivity index (χ2v) is 7.34. The summed E-state index contributed by atoms with van der Waals surface area (Å²) in [5.41, 5.74) is 2.25. The third kappa shape index (κ3) is 3.26. The summed E-state index contributed by atoms with van der Waals surface area (Å²) in [4.78, 5) is 31.0. The number of likely N-dealkylation sites (tertiary alicyclic amines) is 1. The maximum absolute atomic E-state index is 12.6. The molecule has 6 nitrogen and oxygen atoms in total. The number of nitrogens with one attached hydrogen (secondary N) is 1. The predicted molar refractivity (Wildman–Crippen MR) is 105 cm³/mol. The van der Waals surface area contributed by atoms with Crippen LogP contribution < -0.4 is 5.56 Å². The number of carbonyl (C=O) groups excluding carboxylic acids is 1. The Morgan fingerprint density at radius 2 is 2.07 bits per heavy atom. The van der Waals surface area contributed by atoms with E-state index in [9.17, 15) is 9.59 Å². The number of carbonyl (C=O) groups is 1. The molecule has 8 heteroatoms. The maximum Gasteiger partial charge on any atom is 0.272 e. The van der Waals surface area contributed by atoms with E-state index in [0.29, 0.717) is 46.6 Å². The van der Waals surface area contributed by atoms with Gasteiger partial charge in [0.15, 0.2) is 5.65 Å². The van der Waals surface area contributed by atoms with Crippen molar-refractivity contribution in [2.75, 3.05) is 13.1 Å². The summed E-state index contributed by atoms with van der Waals surface area (Å²) < 4.78 is 1.36. The van der Waals surface area contributed by atoms with Crippen molar-refractivity contribution in [3.63, 3.8) is 0 Å². The zero-order chi connectivity index (χ0) is 19.1. The van der Waals surface area contributed by atoms with E-state index in [4.69, 9.17) is 23.2 Å². The van der Waals surface area contributed by atoms with Gasteiger partial charge in [0.25, 0.3) is 5.56 Å². The van der Waals surface area contributed by atoms with Crippen molar-refractivity contribution in [1.82, 2.24) is 19.5 Å². The number of rotatable bonds is 4. The minimum Gasteiger partial charge on any atom is -0.338 e. The van der Waals surface area contributed by atoms with Gasteiger partial charge in [0.05, 0.1) is 16.4 Å². The Kier molecular flexibility index (Phi) is 4.53. The van der Waals surface area contributed by atoms with Gasteiger partial charge in [-0.15, -0.1) is 6.58 Å². The lowest BCUT2D eigenvalue weighted by Gasteiger charge is -2.13. The number of fused-ring (bicyclic) bond motifs is 1. The van der Waals surface area contributed by atoms with Gasteiger partial charge < -0.3 is 4.90 Å². The highest BCUT2D eigenvalue weighted by molar-refractivity contribution is 6.36. The standard InChI is InChI=1S/C19H16Cl2N4O2/c1-2-5-24-10-11(6-18(24)26)15-9-19(27)25-17(22-15)8-16(23-25)13-4-3-12(20)7-14(13)21/h2-4,7-9,11,23H,1,5-6,10H2. The van der Waals surface area contributed by atoms with Gasteiger partial charge in [-0.25, -0.2) is 9.50 Å². The molecule has 1 saturated heterocycles. The number of benzene rings is 1. The van der Waals surface area contributed by atoms with E-state index in [2.05, 4.69) is 16.7 Å². The molecule has 0 bridgehead atoms. The van der Waals surface area contributed by atoms with Crippen LogP contribution in [0.3, 0.4) is 0 Å². The molecular weight excluding hydrogens is 387 g/mol. The summed E-state index contributed by atoms with van der Waals surface area (Å²) in [6.07, 6.45) is 2.04. The Morgan fingerprint density at radius 3 is 2.81 bits per heavy atom. The zero-order valence-electron chi connectivity index (χ0n) is 14.3. The Hall–Kier alpha value is -2.57. The number of hydrogen-bond donors (Lipinski definition) is 1. The van der Waals surface area contributed by atoms with Gasteiger partial charge in [0, 0.05) is 48.1 Å². The van der Waals surface area contributed by atoms with Crippen LogP contribution in [-0.4, -0.2) is 38.5 Å². The minimum atomic E-state index is -0.235. The first-order chi connectivity index (χ1) is 13.0. The lowest BCUT2D eigenvalue weighted by atomic mass is 10.0. The fraction of sp³-hybridized carbons (Fsp3) is 0.211. The Labute approximate surface area is 165 Å². The van der Waals surface area contributed by atoms with Crippen LogP contribution in [0.4, 0.5) is 0 Å². The highest BCUT2D eigenvalue weighted by Crippen LogP contribution is 2.30. The van der Waals surface area contributed by atoms with E-state index in [-0.39, 0.29) is 17.4 Å². The molecule has 138 valence electrons. The fourth-order valence-electron chi connectivity index (χ4n) is 3.37. The van der Waals surface area contributed by atoms with E-state index >= 15 is 0 Å². The average molecular weight is 403 g/mol. The molecule has 1 fully saturated rings. The third-order valence-electron chi connectivity index (χ3n) is 4.67. The SMILES string of the molecule is C=CCN1CC(c2cc(=O)n3[nH]c(-c4ccc(Cl)cc4Cl)cc3n2)CC1=O. The van der Waals surface area contributed by atoms with Crippen molar-refractivity contribution in [2.45, 2.75) is 12.3 Å². The first-order valence-electron chi connectivity index (χ1n) is 8.43. The zero-order valence-corrected chi connectivity index (χ0v) is 15.8. The molecule has 27 heavy (non-hydrogen) atoms. The van der Waals surface area contributed by atoms with E-state index in [1.54, 1.807) is 35.2 Å². The molecule has 1 atom stereocenters. The monoisotopic (exact) mass is 402 g/mol. The van der Waals surface area contributed by atoms with Crippen LogP contribution in [-0.2, 0) is 4.79 Å². The van der Waals surface area contributed by atoms with Crippen molar-refractivity contribution in [1.29, 1.82) is 0 Å². The first-order valence-corrected chi connectivity index (χ1v) is 9.18. The van der Waals surface area contributed by atoms with Crippen molar-refractivity contribution < 1.29 is 4.79 Å². The Balaban J connectivity index is 1.73. The van der Waals surface area contributed by atoms with Crippen molar-refractivity contribution in [2.24, 2.45) is 0 Å². The molecule has 0 radical (unpaired) electrons. The molecule has 1 amide bonds. The molecule has 3 aromatic rings. The number of amides is 1. The van der Waals surface area contributed by atoms with Gasteiger partial charge in [-0.05, 0) is 18.2 Å². The molecule has 3 heterocycles. The van der Waals surface area contributed by atoms with Gasteiger partial charge in [0.2, 0.25) is 5.91 Å².